The third-order valence-corrected chi connectivity index (χ3v) is 5.18. The third kappa shape index (κ3) is 4.73. The van der Waals surface area contributed by atoms with Crippen LogP contribution in [0.15, 0.2) is 11.0 Å². The molecule has 1 nitrogen and oxygen atoms in total. The predicted octanol–water partition coefficient (Wildman–Crippen LogP) is 6.41. The van der Waals surface area contributed by atoms with Crippen LogP contribution in [0, 0.1) is 0 Å². The SMILES string of the molecule is CCCCCCCSc1c(Cl)cc(O)c(Cl)c1Cl. The van der Waals surface area contributed by atoms with E-state index in [0.29, 0.717) is 10.0 Å². The lowest BCUT2D eigenvalue weighted by molar-refractivity contribution is 0.475. The average Bonchev–Trinajstić information content (AvgIpc) is 2.34. The smallest absolute Gasteiger partial charge is 0.137 e. The van der Waals surface area contributed by atoms with E-state index in [1.807, 2.05) is 0 Å². The zero-order valence-corrected chi connectivity index (χ0v) is 13.4. The summed E-state index contributed by atoms with van der Waals surface area (Å²) >= 11 is 19.6. The molecular formula is C13H17Cl3OS. The first-order valence-corrected chi connectivity index (χ1v) is 8.19. The quantitative estimate of drug-likeness (QED) is 0.354. The monoisotopic (exact) mass is 326 g/mol. The number of halogens is 3. The van der Waals surface area contributed by atoms with E-state index in [9.17, 15) is 5.11 Å². The van der Waals surface area contributed by atoms with Gasteiger partial charge in [0.2, 0.25) is 0 Å². The highest BCUT2D eigenvalue weighted by atomic mass is 35.5. The van der Waals surface area contributed by atoms with Gasteiger partial charge >= 0.3 is 0 Å². The summed E-state index contributed by atoms with van der Waals surface area (Å²) in [5, 5.41) is 10.4. The van der Waals surface area contributed by atoms with Gasteiger partial charge in [-0.2, -0.15) is 0 Å². The van der Waals surface area contributed by atoms with Gasteiger partial charge in [-0.25, -0.2) is 0 Å². The van der Waals surface area contributed by atoms with Crippen molar-refractivity contribution in [3.63, 3.8) is 0 Å². The van der Waals surface area contributed by atoms with Gasteiger partial charge in [-0.15, -0.1) is 11.8 Å². The van der Waals surface area contributed by atoms with Crippen molar-refractivity contribution in [2.24, 2.45) is 0 Å². The minimum absolute atomic E-state index is 0.0704. The zero-order chi connectivity index (χ0) is 13.5. The number of thioether (sulfide) groups is 1. The molecule has 0 heterocycles. The van der Waals surface area contributed by atoms with Crippen LogP contribution in [-0.4, -0.2) is 10.9 Å². The number of benzene rings is 1. The maximum atomic E-state index is 9.46. The topological polar surface area (TPSA) is 20.2 Å². The van der Waals surface area contributed by atoms with Crippen molar-refractivity contribution >= 4 is 46.6 Å². The van der Waals surface area contributed by atoms with Gasteiger partial charge in [0.25, 0.3) is 0 Å². The van der Waals surface area contributed by atoms with Gasteiger partial charge in [-0.3, -0.25) is 0 Å². The second-order valence-electron chi connectivity index (χ2n) is 4.10. The highest BCUT2D eigenvalue weighted by Gasteiger charge is 2.14. The summed E-state index contributed by atoms with van der Waals surface area (Å²) in [6.45, 7) is 2.20. The number of phenols is 1. The minimum Gasteiger partial charge on any atom is -0.506 e. The number of unbranched alkanes of at least 4 members (excludes halogenated alkanes) is 4. The molecule has 0 fully saturated rings. The zero-order valence-electron chi connectivity index (χ0n) is 10.3. The highest BCUT2D eigenvalue weighted by molar-refractivity contribution is 7.99. The van der Waals surface area contributed by atoms with E-state index in [4.69, 9.17) is 34.8 Å². The molecule has 1 aromatic carbocycles. The normalized spacial score (nSPS) is 10.9. The summed E-state index contributed by atoms with van der Waals surface area (Å²) < 4.78 is 0. The van der Waals surface area contributed by atoms with Gasteiger partial charge in [0.05, 0.1) is 10.0 Å². The highest BCUT2D eigenvalue weighted by Crippen LogP contribution is 2.43. The molecular weight excluding hydrogens is 311 g/mol. The van der Waals surface area contributed by atoms with Gasteiger partial charge in [0.15, 0.2) is 0 Å². The lowest BCUT2D eigenvalue weighted by atomic mass is 10.2. The molecule has 5 heteroatoms. The Kier molecular flexibility index (Phi) is 7.62. The van der Waals surface area contributed by atoms with Crippen molar-refractivity contribution in [2.45, 2.75) is 43.9 Å². The molecule has 0 saturated heterocycles. The molecule has 0 atom stereocenters. The van der Waals surface area contributed by atoms with Crippen molar-refractivity contribution in [3.05, 3.63) is 21.1 Å². The predicted molar refractivity (Wildman–Crippen MR) is 82.6 cm³/mol. The molecule has 0 radical (unpaired) electrons. The van der Waals surface area contributed by atoms with Crippen molar-refractivity contribution in [3.8, 4) is 5.75 Å². The molecule has 0 amide bonds. The largest absolute Gasteiger partial charge is 0.506 e. The fraction of sp³-hybridized carbons (Fsp3) is 0.538. The summed E-state index contributed by atoms with van der Waals surface area (Å²) in [4.78, 5) is 0.761. The van der Waals surface area contributed by atoms with Crippen LogP contribution in [0.25, 0.3) is 0 Å². The van der Waals surface area contributed by atoms with Crippen molar-refractivity contribution in [1.29, 1.82) is 0 Å². The Labute approximate surface area is 128 Å². The standard InChI is InChI=1S/C13H17Cl3OS/c1-2-3-4-5-6-7-18-13-9(14)8-10(17)11(15)12(13)16/h8,17H,2-7H2,1H3. The summed E-state index contributed by atoms with van der Waals surface area (Å²) in [6.07, 6.45) is 6.17. The molecule has 0 saturated carbocycles. The second-order valence-corrected chi connectivity index (χ2v) is 6.37. The lowest BCUT2D eigenvalue weighted by Crippen LogP contribution is -1.85. The van der Waals surface area contributed by atoms with Crippen LogP contribution in [-0.2, 0) is 0 Å². The first kappa shape index (κ1) is 16.3. The summed E-state index contributed by atoms with van der Waals surface area (Å²) in [5.74, 6) is 0.892. The molecule has 18 heavy (non-hydrogen) atoms. The first-order chi connectivity index (χ1) is 8.57. The van der Waals surface area contributed by atoms with E-state index >= 15 is 0 Å². The van der Waals surface area contributed by atoms with Crippen LogP contribution in [0.3, 0.4) is 0 Å². The summed E-state index contributed by atoms with van der Waals surface area (Å²) in [6, 6.07) is 1.44. The number of phenolic OH excluding ortho intramolecular Hbond substituents is 1. The molecule has 0 aliphatic carbocycles. The first-order valence-electron chi connectivity index (χ1n) is 6.07. The minimum atomic E-state index is -0.0704. The number of rotatable bonds is 7. The molecule has 0 spiro atoms. The second kappa shape index (κ2) is 8.42. The van der Waals surface area contributed by atoms with Gasteiger partial charge < -0.3 is 5.11 Å². The van der Waals surface area contributed by atoms with E-state index in [1.165, 1.54) is 31.7 Å². The molecule has 0 aliphatic heterocycles. The van der Waals surface area contributed by atoms with Gasteiger partial charge in [-0.05, 0) is 12.2 Å². The van der Waals surface area contributed by atoms with Crippen LogP contribution < -0.4 is 0 Å². The number of hydrogen-bond acceptors (Lipinski definition) is 2. The van der Waals surface area contributed by atoms with Crippen molar-refractivity contribution in [1.82, 2.24) is 0 Å². The Morgan fingerprint density at radius 2 is 1.72 bits per heavy atom. The van der Waals surface area contributed by atoms with Crippen LogP contribution in [0.1, 0.15) is 39.0 Å². The van der Waals surface area contributed by atoms with Gasteiger partial charge in [0, 0.05) is 11.0 Å². The molecule has 1 aromatic rings. The van der Waals surface area contributed by atoms with Crippen molar-refractivity contribution < 1.29 is 5.11 Å². The fourth-order valence-corrected chi connectivity index (χ4v) is 3.53. The Balaban J connectivity index is 2.50. The van der Waals surface area contributed by atoms with Gasteiger partial charge in [-0.1, -0.05) is 67.4 Å². The molecule has 0 aromatic heterocycles. The molecule has 0 unspecified atom stereocenters. The maximum absolute atomic E-state index is 9.46. The van der Waals surface area contributed by atoms with E-state index in [-0.39, 0.29) is 10.8 Å². The van der Waals surface area contributed by atoms with Crippen molar-refractivity contribution in [2.75, 3.05) is 5.75 Å². The van der Waals surface area contributed by atoms with E-state index in [2.05, 4.69) is 6.92 Å². The Hall–Kier alpha value is 0.240. The molecule has 0 aliphatic rings. The molecule has 1 N–H and O–H groups in total. The summed E-state index contributed by atoms with van der Waals surface area (Å²) in [5.41, 5.74) is 0. The Morgan fingerprint density at radius 1 is 1.06 bits per heavy atom. The van der Waals surface area contributed by atoms with Crippen LogP contribution in [0.4, 0.5) is 0 Å². The van der Waals surface area contributed by atoms with Gasteiger partial charge in [0.1, 0.15) is 10.8 Å². The average molecular weight is 328 g/mol. The Morgan fingerprint density at radius 3 is 2.39 bits per heavy atom. The van der Waals surface area contributed by atoms with Crippen LogP contribution >= 0.6 is 46.6 Å². The summed E-state index contributed by atoms with van der Waals surface area (Å²) in [7, 11) is 0. The molecule has 0 bridgehead atoms. The molecule has 102 valence electrons. The maximum Gasteiger partial charge on any atom is 0.137 e. The van der Waals surface area contributed by atoms with Crippen LogP contribution in [0.5, 0.6) is 5.75 Å². The van der Waals surface area contributed by atoms with E-state index in [1.54, 1.807) is 11.8 Å². The number of aromatic hydroxyl groups is 1. The fourth-order valence-electron chi connectivity index (χ4n) is 1.58. The van der Waals surface area contributed by atoms with E-state index in [0.717, 1.165) is 17.1 Å². The lowest BCUT2D eigenvalue weighted by Gasteiger charge is -2.09. The van der Waals surface area contributed by atoms with E-state index < -0.39 is 0 Å². The van der Waals surface area contributed by atoms with Crippen LogP contribution in [0.2, 0.25) is 15.1 Å². The molecule has 1 rings (SSSR count). The Bertz CT molecular complexity index is 396. The number of hydrogen-bond donors (Lipinski definition) is 1. The third-order valence-electron chi connectivity index (χ3n) is 2.59.